The van der Waals surface area contributed by atoms with Crippen LogP contribution in [-0.2, 0) is 14.8 Å². The number of amides is 1. The SMILES string of the molecule is C[C@@H](C(=O)NC1CCCCCCC1)N(c1ccc(Cl)c(Cl)c1)S(C)(=O)=O. The Hall–Kier alpha value is -0.980. The van der Waals surface area contributed by atoms with Gasteiger partial charge < -0.3 is 5.32 Å². The van der Waals surface area contributed by atoms with Crippen LogP contribution in [0.1, 0.15) is 51.9 Å². The zero-order valence-electron chi connectivity index (χ0n) is 15.2. The molecule has 0 spiro atoms. The van der Waals surface area contributed by atoms with Gasteiger partial charge in [-0.1, -0.05) is 55.3 Å². The van der Waals surface area contributed by atoms with Crippen LogP contribution >= 0.6 is 23.2 Å². The van der Waals surface area contributed by atoms with Crippen molar-refractivity contribution in [3.8, 4) is 0 Å². The predicted octanol–water partition coefficient (Wildman–Crippen LogP) is 4.38. The zero-order chi connectivity index (χ0) is 19.3. The monoisotopic (exact) mass is 420 g/mol. The Kier molecular flexibility index (Phi) is 7.62. The Balaban J connectivity index is 2.18. The Morgan fingerprint density at radius 3 is 2.23 bits per heavy atom. The van der Waals surface area contributed by atoms with E-state index in [1.165, 1.54) is 31.4 Å². The summed E-state index contributed by atoms with van der Waals surface area (Å²) in [5, 5.41) is 3.60. The second-order valence-corrected chi connectivity index (χ2v) is 9.56. The zero-order valence-corrected chi connectivity index (χ0v) is 17.5. The summed E-state index contributed by atoms with van der Waals surface area (Å²) in [6, 6.07) is 3.75. The number of carbonyl (C=O) groups is 1. The van der Waals surface area contributed by atoms with Crippen LogP contribution in [-0.4, -0.2) is 32.7 Å². The molecule has 1 aromatic carbocycles. The third-order valence-corrected chi connectivity index (χ3v) is 6.68. The van der Waals surface area contributed by atoms with Crippen LogP contribution in [0.2, 0.25) is 10.0 Å². The third kappa shape index (κ3) is 5.76. The van der Waals surface area contributed by atoms with Crippen molar-refractivity contribution in [3.05, 3.63) is 28.2 Å². The van der Waals surface area contributed by atoms with Gasteiger partial charge in [-0.2, -0.15) is 0 Å². The van der Waals surface area contributed by atoms with E-state index in [1.54, 1.807) is 13.0 Å². The average molecular weight is 421 g/mol. The van der Waals surface area contributed by atoms with Gasteiger partial charge in [0.25, 0.3) is 0 Å². The molecule has 1 atom stereocenters. The molecular weight excluding hydrogens is 395 g/mol. The van der Waals surface area contributed by atoms with Crippen molar-refractivity contribution < 1.29 is 13.2 Å². The van der Waals surface area contributed by atoms with Gasteiger partial charge in [0.15, 0.2) is 0 Å². The molecule has 0 aliphatic heterocycles. The molecule has 0 unspecified atom stereocenters. The molecule has 1 aliphatic carbocycles. The van der Waals surface area contributed by atoms with Gasteiger partial charge in [-0.3, -0.25) is 9.10 Å². The van der Waals surface area contributed by atoms with E-state index in [1.807, 2.05) is 0 Å². The first kappa shape index (κ1) is 21.3. The number of nitrogens with one attached hydrogen (secondary N) is 1. The van der Waals surface area contributed by atoms with Gasteiger partial charge in [0.05, 0.1) is 22.0 Å². The van der Waals surface area contributed by atoms with Crippen LogP contribution < -0.4 is 9.62 Å². The second kappa shape index (κ2) is 9.29. The van der Waals surface area contributed by atoms with Gasteiger partial charge >= 0.3 is 0 Å². The van der Waals surface area contributed by atoms with E-state index < -0.39 is 16.1 Å². The minimum atomic E-state index is -3.67. The summed E-state index contributed by atoms with van der Waals surface area (Å²) in [4.78, 5) is 12.7. The van der Waals surface area contributed by atoms with Crippen molar-refractivity contribution in [2.24, 2.45) is 0 Å². The predicted molar refractivity (Wildman–Crippen MR) is 107 cm³/mol. The summed E-state index contributed by atoms with van der Waals surface area (Å²) in [5.41, 5.74) is 0.321. The van der Waals surface area contributed by atoms with E-state index in [4.69, 9.17) is 23.2 Å². The van der Waals surface area contributed by atoms with E-state index in [-0.39, 0.29) is 17.0 Å². The van der Waals surface area contributed by atoms with Gasteiger partial charge in [0, 0.05) is 6.04 Å². The molecule has 146 valence electrons. The number of rotatable bonds is 5. The van der Waals surface area contributed by atoms with Crippen molar-refractivity contribution in [2.45, 2.75) is 64.0 Å². The number of hydrogen-bond acceptors (Lipinski definition) is 3. The normalized spacial score (nSPS) is 17.8. The number of carbonyl (C=O) groups excluding carboxylic acids is 1. The first-order valence-electron chi connectivity index (χ1n) is 8.95. The molecule has 5 nitrogen and oxygen atoms in total. The van der Waals surface area contributed by atoms with Crippen molar-refractivity contribution in [1.29, 1.82) is 0 Å². The summed E-state index contributed by atoms with van der Waals surface area (Å²) in [6.45, 7) is 1.59. The number of hydrogen-bond donors (Lipinski definition) is 1. The highest BCUT2D eigenvalue weighted by molar-refractivity contribution is 7.92. The molecule has 1 aliphatic rings. The minimum absolute atomic E-state index is 0.0977. The van der Waals surface area contributed by atoms with Gasteiger partial charge in [0.2, 0.25) is 15.9 Å². The maximum Gasteiger partial charge on any atom is 0.243 e. The maximum atomic E-state index is 12.7. The first-order chi connectivity index (χ1) is 12.2. The Labute approximate surface area is 166 Å². The van der Waals surface area contributed by atoms with Crippen molar-refractivity contribution in [1.82, 2.24) is 5.32 Å². The fraction of sp³-hybridized carbons (Fsp3) is 0.611. The largest absolute Gasteiger partial charge is 0.352 e. The first-order valence-corrected chi connectivity index (χ1v) is 11.6. The molecule has 2 rings (SSSR count). The van der Waals surface area contributed by atoms with Crippen LogP contribution in [0.15, 0.2) is 18.2 Å². The molecule has 8 heteroatoms. The van der Waals surface area contributed by atoms with Crippen LogP contribution in [0.3, 0.4) is 0 Å². The second-order valence-electron chi connectivity index (χ2n) is 6.88. The van der Waals surface area contributed by atoms with Crippen LogP contribution in [0.25, 0.3) is 0 Å². The van der Waals surface area contributed by atoms with Gasteiger partial charge in [-0.25, -0.2) is 8.42 Å². The summed E-state index contributed by atoms with van der Waals surface area (Å²) >= 11 is 11.9. The highest BCUT2D eigenvalue weighted by Crippen LogP contribution is 2.29. The number of halogens is 2. The lowest BCUT2D eigenvalue weighted by molar-refractivity contribution is -0.122. The Bertz CT molecular complexity index is 732. The Morgan fingerprint density at radius 2 is 1.69 bits per heavy atom. The molecule has 1 amide bonds. The number of sulfonamides is 1. The van der Waals surface area contributed by atoms with Gasteiger partial charge in [0.1, 0.15) is 6.04 Å². The van der Waals surface area contributed by atoms with E-state index in [0.29, 0.717) is 10.7 Å². The fourth-order valence-corrected chi connectivity index (χ4v) is 4.81. The van der Waals surface area contributed by atoms with Crippen molar-refractivity contribution >= 4 is 44.8 Å². The lowest BCUT2D eigenvalue weighted by Crippen LogP contribution is -2.50. The molecule has 1 saturated carbocycles. The molecule has 1 fully saturated rings. The molecule has 0 saturated heterocycles. The molecule has 0 heterocycles. The molecule has 1 N–H and O–H groups in total. The molecule has 1 aromatic rings. The summed E-state index contributed by atoms with van der Waals surface area (Å²) < 4.78 is 25.8. The summed E-state index contributed by atoms with van der Waals surface area (Å²) in [7, 11) is -3.67. The average Bonchev–Trinajstić information content (AvgIpc) is 2.52. The lowest BCUT2D eigenvalue weighted by Gasteiger charge is -2.30. The maximum absolute atomic E-state index is 12.7. The third-order valence-electron chi connectivity index (χ3n) is 4.70. The highest BCUT2D eigenvalue weighted by atomic mass is 35.5. The van der Waals surface area contributed by atoms with Crippen LogP contribution in [0, 0.1) is 0 Å². The molecule has 0 radical (unpaired) electrons. The molecule has 0 aromatic heterocycles. The number of nitrogens with zero attached hydrogens (tertiary/aromatic N) is 1. The van der Waals surface area contributed by atoms with Crippen LogP contribution in [0.5, 0.6) is 0 Å². The molecule has 26 heavy (non-hydrogen) atoms. The molecule has 0 bridgehead atoms. The number of anilines is 1. The summed E-state index contributed by atoms with van der Waals surface area (Å²) in [6.07, 6.45) is 8.73. The highest BCUT2D eigenvalue weighted by Gasteiger charge is 2.30. The molecular formula is C18H26Cl2N2O3S. The Morgan fingerprint density at radius 1 is 1.12 bits per heavy atom. The minimum Gasteiger partial charge on any atom is -0.352 e. The van der Waals surface area contributed by atoms with E-state index >= 15 is 0 Å². The van der Waals surface area contributed by atoms with Gasteiger partial charge in [-0.15, -0.1) is 0 Å². The van der Waals surface area contributed by atoms with Crippen LogP contribution in [0.4, 0.5) is 5.69 Å². The van der Waals surface area contributed by atoms with E-state index in [9.17, 15) is 13.2 Å². The topological polar surface area (TPSA) is 66.5 Å². The smallest absolute Gasteiger partial charge is 0.243 e. The summed E-state index contributed by atoms with van der Waals surface area (Å²) in [5.74, 6) is -0.299. The van der Waals surface area contributed by atoms with Gasteiger partial charge in [-0.05, 0) is 38.0 Å². The van der Waals surface area contributed by atoms with E-state index in [0.717, 1.165) is 36.2 Å². The quantitative estimate of drug-likeness (QED) is 0.768. The standard InChI is InChI=1S/C18H26Cl2N2O3S/c1-13(18(23)21-14-8-6-4-3-5-7-9-14)22(26(2,24)25)15-10-11-16(19)17(20)12-15/h10-14H,3-9H2,1-2H3,(H,21,23)/t13-/m0/s1. The fourth-order valence-electron chi connectivity index (χ4n) is 3.35. The van der Waals surface area contributed by atoms with Crippen molar-refractivity contribution in [3.63, 3.8) is 0 Å². The number of benzene rings is 1. The van der Waals surface area contributed by atoms with E-state index in [2.05, 4.69) is 5.32 Å². The van der Waals surface area contributed by atoms with Crippen molar-refractivity contribution in [2.75, 3.05) is 10.6 Å². The lowest BCUT2D eigenvalue weighted by atomic mass is 9.96.